The third-order valence-electron chi connectivity index (χ3n) is 3.53. The molecule has 3 nitrogen and oxygen atoms in total. The van der Waals surface area contributed by atoms with E-state index >= 15 is 0 Å². The largest absolute Gasteiger partial charge is 0.385 e. The molecule has 0 unspecified atom stereocenters. The lowest BCUT2D eigenvalue weighted by molar-refractivity contribution is -0.131. The molecule has 0 aromatic heterocycles. The van der Waals surface area contributed by atoms with E-state index in [2.05, 4.69) is 34.2 Å². The summed E-state index contributed by atoms with van der Waals surface area (Å²) < 4.78 is 1.11. The topological polar surface area (TPSA) is 32.3 Å². The summed E-state index contributed by atoms with van der Waals surface area (Å²) in [5.41, 5.74) is 2.28. The molecule has 1 heterocycles. The number of halogens is 1. The molecule has 0 radical (unpaired) electrons. The summed E-state index contributed by atoms with van der Waals surface area (Å²) in [4.78, 5) is 14.0. The van der Waals surface area contributed by atoms with Crippen LogP contribution in [0.2, 0.25) is 0 Å². The minimum atomic E-state index is 0.279. The lowest BCUT2D eigenvalue weighted by Gasteiger charge is -2.26. The van der Waals surface area contributed by atoms with Crippen LogP contribution in [-0.4, -0.2) is 30.4 Å². The first-order valence-corrected chi connectivity index (χ1v) is 7.74. The molecule has 0 saturated carbocycles. The van der Waals surface area contributed by atoms with Crippen LogP contribution < -0.4 is 5.32 Å². The van der Waals surface area contributed by atoms with Gasteiger partial charge in [-0.2, -0.15) is 0 Å². The van der Waals surface area contributed by atoms with Crippen molar-refractivity contribution in [1.29, 1.82) is 0 Å². The summed E-state index contributed by atoms with van der Waals surface area (Å²) >= 11 is 3.48. The van der Waals surface area contributed by atoms with E-state index in [9.17, 15) is 4.79 Å². The number of benzene rings is 1. The molecule has 0 bridgehead atoms. The number of piperidine rings is 1. The number of amides is 1. The number of hydrogen-bond acceptors (Lipinski definition) is 2. The van der Waals surface area contributed by atoms with Gasteiger partial charge in [-0.05, 0) is 49.9 Å². The number of carbonyl (C=O) groups excluding carboxylic acids is 1. The number of nitrogens with zero attached hydrogens (tertiary/aromatic N) is 1. The molecule has 0 aliphatic carbocycles. The molecule has 1 saturated heterocycles. The third kappa shape index (κ3) is 4.23. The molecule has 1 fully saturated rings. The molecule has 4 heteroatoms. The number of rotatable bonds is 4. The molecule has 0 spiro atoms. The Balaban J connectivity index is 1.76. The highest BCUT2D eigenvalue weighted by Gasteiger charge is 2.15. The van der Waals surface area contributed by atoms with Gasteiger partial charge in [-0.25, -0.2) is 0 Å². The van der Waals surface area contributed by atoms with Crippen molar-refractivity contribution in [2.24, 2.45) is 0 Å². The molecule has 0 atom stereocenters. The minimum absolute atomic E-state index is 0.279. The lowest BCUT2D eigenvalue weighted by Crippen LogP contribution is -2.36. The summed E-state index contributed by atoms with van der Waals surface area (Å²) in [7, 11) is 0. The van der Waals surface area contributed by atoms with E-state index in [0.717, 1.165) is 36.1 Å². The predicted molar refractivity (Wildman–Crippen MR) is 82.4 cm³/mol. The van der Waals surface area contributed by atoms with Crippen LogP contribution in [0.15, 0.2) is 22.7 Å². The maximum Gasteiger partial charge on any atom is 0.224 e. The van der Waals surface area contributed by atoms with Crippen LogP contribution in [0.3, 0.4) is 0 Å². The van der Waals surface area contributed by atoms with Crippen molar-refractivity contribution in [1.82, 2.24) is 4.90 Å². The second-order valence-corrected chi connectivity index (χ2v) is 5.94. The standard InChI is InChI=1S/C15H21BrN2O/c1-12-11-13(5-6-14(12)16)17-8-7-15(19)18-9-3-2-4-10-18/h5-6,11,17H,2-4,7-10H2,1H3. The van der Waals surface area contributed by atoms with E-state index in [0.29, 0.717) is 13.0 Å². The van der Waals surface area contributed by atoms with Gasteiger partial charge in [0.05, 0.1) is 0 Å². The Kier molecular flexibility index (Phi) is 5.25. The van der Waals surface area contributed by atoms with Gasteiger partial charge in [0.1, 0.15) is 0 Å². The lowest BCUT2D eigenvalue weighted by atomic mass is 10.1. The maximum absolute atomic E-state index is 12.0. The van der Waals surface area contributed by atoms with Gasteiger partial charge < -0.3 is 10.2 Å². The summed E-state index contributed by atoms with van der Waals surface area (Å²) in [5.74, 6) is 0.279. The van der Waals surface area contributed by atoms with Gasteiger partial charge in [-0.3, -0.25) is 4.79 Å². The maximum atomic E-state index is 12.0. The van der Waals surface area contributed by atoms with Crippen molar-refractivity contribution >= 4 is 27.5 Å². The van der Waals surface area contributed by atoms with Crippen LogP contribution >= 0.6 is 15.9 Å². The van der Waals surface area contributed by atoms with Gasteiger partial charge >= 0.3 is 0 Å². The van der Waals surface area contributed by atoms with Gasteiger partial charge in [0.15, 0.2) is 0 Å². The molecule has 19 heavy (non-hydrogen) atoms. The van der Waals surface area contributed by atoms with Crippen molar-refractivity contribution in [3.8, 4) is 0 Å². The summed E-state index contributed by atoms with van der Waals surface area (Å²) in [5, 5.41) is 3.31. The molecule has 1 aliphatic heterocycles. The molecule has 104 valence electrons. The van der Waals surface area contributed by atoms with E-state index in [-0.39, 0.29) is 5.91 Å². The van der Waals surface area contributed by atoms with Crippen molar-refractivity contribution in [3.63, 3.8) is 0 Å². The fourth-order valence-electron chi connectivity index (χ4n) is 2.37. The van der Waals surface area contributed by atoms with E-state index in [1.165, 1.54) is 12.0 Å². The highest BCUT2D eigenvalue weighted by atomic mass is 79.9. The Labute approximate surface area is 123 Å². The number of hydrogen-bond donors (Lipinski definition) is 1. The Morgan fingerprint density at radius 1 is 1.32 bits per heavy atom. The highest BCUT2D eigenvalue weighted by molar-refractivity contribution is 9.10. The Morgan fingerprint density at radius 3 is 2.74 bits per heavy atom. The second-order valence-electron chi connectivity index (χ2n) is 5.08. The molecular formula is C15H21BrN2O. The third-order valence-corrected chi connectivity index (χ3v) is 4.42. The molecule has 1 aromatic rings. The van der Waals surface area contributed by atoms with Gasteiger partial charge in [0.25, 0.3) is 0 Å². The van der Waals surface area contributed by atoms with E-state index in [1.807, 2.05) is 17.0 Å². The van der Waals surface area contributed by atoms with Crippen molar-refractivity contribution in [2.45, 2.75) is 32.6 Å². The van der Waals surface area contributed by atoms with Crippen LogP contribution in [0.1, 0.15) is 31.2 Å². The predicted octanol–water partition coefficient (Wildman–Crippen LogP) is 3.57. The highest BCUT2D eigenvalue weighted by Crippen LogP contribution is 2.20. The number of carbonyl (C=O) groups is 1. The number of aryl methyl sites for hydroxylation is 1. The van der Waals surface area contributed by atoms with E-state index in [1.54, 1.807) is 0 Å². The van der Waals surface area contributed by atoms with Crippen molar-refractivity contribution in [2.75, 3.05) is 25.0 Å². The molecule has 1 N–H and O–H groups in total. The van der Waals surface area contributed by atoms with Crippen LogP contribution in [0.4, 0.5) is 5.69 Å². The van der Waals surface area contributed by atoms with Gasteiger partial charge in [-0.1, -0.05) is 15.9 Å². The van der Waals surface area contributed by atoms with Crippen LogP contribution in [0, 0.1) is 6.92 Å². The Hall–Kier alpha value is -1.03. The monoisotopic (exact) mass is 324 g/mol. The van der Waals surface area contributed by atoms with Crippen molar-refractivity contribution < 1.29 is 4.79 Å². The van der Waals surface area contributed by atoms with Crippen LogP contribution in [0.5, 0.6) is 0 Å². The molecular weight excluding hydrogens is 304 g/mol. The Morgan fingerprint density at radius 2 is 2.05 bits per heavy atom. The van der Waals surface area contributed by atoms with Gasteiger partial charge in [0, 0.05) is 36.2 Å². The molecule has 1 aliphatic rings. The van der Waals surface area contributed by atoms with Crippen LogP contribution in [-0.2, 0) is 4.79 Å². The average molecular weight is 325 g/mol. The average Bonchev–Trinajstić information content (AvgIpc) is 2.43. The van der Waals surface area contributed by atoms with Gasteiger partial charge in [-0.15, -0.1) is 0 Å². The molecule has 2 rings (SSSR count). The summed E-state index contributed by atoms with van der Waals surface area (Å²) in [6.45, 7) is 4.65. The summed E-state index contributed by atoms with van der Waals surface area (Å²) in [6.07, 6.45) is 4.16. The first kappa shape index (κ1) is 14.4. The second kappa shape index (κ2) is 6.94. The zero-order valence-electron chi connectivity index (χ0n) is 11.4. The number of anilines is 1. The number of nitrogens with one attached hydrogen (secondary N) is 1. The van der Waals surface area contributed by atoms with E-state index in [4.69, 9.17) is 0 Å². The zero-order chi connectivity index (χ0) is 13.7. The Bertz CT molecular complexity index is 442. The zero-order valence-corrected chi connectivity index (χ0v) is 13.0. The fraction of sp³-hybridized carbons (Fsp3) is 0.533. The normalized spacial score (nSPS) is 15.4. The summed E-state index contributed by atoms with van der Waals surface area (Å²) in [6, 6.07) is 6.15. The molecule has 1 amide bonds. The quantitative estimate of drug-likeness (QED) is 0.918. The van der Waals surface area contributed by atoms with E-state index < -0.39 is 0 Å². The smallest absolute Gasteiger partial charge is 0.224 e. The molecule has 1 aromatic carbocycles. The first-order chi connectivity index (χ1) is 9.16. The van der Waals surface area contributed by atoms with Gasteiger partial charge in [0.2, 0.25) is 5.91 Å². The SMILES string of the molecule is Cc1cc(NCCC(=O)N2CCCCC2)ccc1Br. The minimum Gasteiger partial charge on any atom is -0.385 e. The first-order valence-electron chi connectivity index (χ1n) is 6.94. The fourth-order valence-corrected chi connectivity index (χ4v) is 2.62. The number of likely N-dealkylation sites (tertiary alicyclic amines) is 1. The van der Waals surface area contributed by atoms with Crippen molar-refractivity contribution in [3.05, 3.63) is 28.2 Å². The van der Waals surface area contributed by atoms with Crippen LogP contribution in [0.25, 0.3) is 0 Å².